The molecule has 0 spiro atoms. The second-order valence-electron chi connectivity index (χ2n) is 3.82. The number of nitrogens with one attached hydrogen (secondary N) is 1. The van der Waals surface area contributed by atoms with E-state index in [9.17, 15) is 4.79 Å². The van der Waals surface area contributed by atoms with E-state index in [1.165, 1.54) is 0 Å². The molecule has 0 saturated carbocycles. The molecule has 88 valence electrons. The van der Waals surface area contributed by atoms with Crippen molar-refractivity contribution in [3.8, 4) is 0 Å². The highest BCUT2D eigenvalue weighted by molar-refractivity contribution is 6.28. The summed E-state index contributed by atoms with van der Waals surface area (Å²) in [4.78, 5) is 10.0. The second-order valence-corrected chi connectivity index (χ2v) is 4.44. The molecule has 1 aromatic carbocycles. The number of para-hydroxylation sites is 1. The molecule has 1 aliphatic rings. The average molecular weight is 250 g/mol. The minimum Gasteiger partial charge on any atom is -0.481 e. The van der Waals surface area contributed by atoms with Gasteiger partial charge in [-0.15, -0.1) is 0 Å². The fraction of sp³-hybridized carbons (Fsp3) is 0.154. The zero-order valence-electron chi connectivity index (χ0n) is 9.01. The second kappa shape index (κ2) is 4.63. The predicted octanol–water partition coefficient (Wildman–Crippen LogP) is 2.86. The number of carbonyl (C=O) groups is 1. The van der Waals surface area contributed by atoms with Crippen LogP contribution in [0.4, 0.5) is 5.69 Å². The van der Waals surface area contributed by atoms with Crippen molar-refractivity contribution in [2.75, 3.05) is 5.32 Å². The fourth-order valence-electron chi connectivity index (χ4n) is 1.74. The Labute approximate surface area is 104 Å². The predicted molar refractivity (Wildman–Crippen MR) is 68.1 cm³/mol. The van der Waals surface area contributed by atoms with Gasteiger partial charge in [0.2, 0.25) is 0 Å². The Morgan fingerprint density at radius 2 is 2.00 bits per heavy atom. The molecule has 0 radical (unpaired) electrons. The van der Waals surface area contributed by atoms with E-state index in [0.29, 0.717) is 0 Å². The van der Waals surface area contributed by atoms with E-state index in [0.717, 1.165) is 5.69 Å². The summed E-state index contributed by atoms with van der Waals surface area (Å²) in [5.41, 5.74) is 0.786. The molecule has 2 N–H and O–H groups in total. The van der Waals surface area contributed by atoms with Gasteiger partial charge < -0.3 is 10.4 Å². The van der Waals surface area contributed by atoms with Gasteiger partial charge in [-0.25, -0.2) is 0 Å². The Morgan fingerprint density at radius 1 is 1.29 bits per heavy atom. The summed E-state index contributed by atoms with van der Waals surface area (Å²) in [6.45, 7) is 0. The number of anilines is 1. The van der Waals surface area contributed by atoms with Crippen LogP contribution in [-0.4, -0.2) is 16.1 Å². The number of hydrogen-bond donors (Lipinski definition) is 2. The number of carboxylic acid groups (broad SMARTS) is 1. The Kier molecular flexibility index (Phi) is 3.20. The third-order valence-electron chi connectivity index (χ3n) is 2.58. The standard InChI is InChI=1S/C13H12ClNO2/c14-13(15-10-6-2-1-3-7-10)9-5-4-8-11(13)12(16)17/h1-9,11,15H,(H,16,17). The van der Waals surface area contributed by atoms with Gasteiger partial charge in [-0.2, -0.15) is 0 Å². The Bertz CT molecular complexity index is 470. The van der Waals surface area contributed by atoms with Crippen LogP contribution in [-0.2, 0) is 4.79 Å². The maximum atomic E-state index is 11.2. The number of rotatable bonds is 3. The molecule has 3 nitrogen and oxygen atoms in total. The lowest BCUT2D eigenvalue weighted by Gasteiger charge is -2.32. The van der Waals surface area contributed by atoms with Gasteiger partial charge >= 0.3 is 5.97 Å². The molecule has 0 amide bonds. The molecule has 1 aliphatic carbocycles. The maximum Gasteiger partial charge on any atom is 0.314 e. The zero-order valence-corrected chi connectivity index (χ0v) is 9.76. The SMILES string of the molecule is O=C(O)C1C=CC=CC1(Cl)Nc1ccccc1. The Hall–Kier alpha value is -1.74. The van der Waals surface area contributed by atoms with Gasteiger partial charge in [0.05, 0.1) is 0 Å². The third kappa shape index (κ3) is 2.50. The number of alkyl halides is 1. The molecular weight excluding hydrogens is 238 g/mol. The summed E-state index contributed by atoms with van der Waals surface area (Å²) in [7, 11) is 0. The highest BCUT2D eigenvalue weighted by Gasteiger charge is 2.39. The largest absolute Gasteiger partial charge is 0.481 e. The normalized spacial score (nSPS) is 26.8. The molecule has 2 rings (SSSR count). The van der Waals surface area contributed by atoms with E-state index in [1.807, 2.05) is 30.3 Å². The van der Waals surface area contributed by atoms with Crippen LogP contribution in [0.2, 0.25) is 0 Å². The molecule has 0 heterocycles. The average Bonchev–Trinajstić information content (AvgIpc) is 2.30. The van der Waals surface area contributed by atoms with Crippen molar-refractivity contribution in [2.24, 2.45) is 5.92 Å². The van der Waals surface area contributed by atoms with E-state index >= 15 is 0 Å². The molecule has 2 unspecified atom stereocenters. The number of aliphatic carboxylic acids is 1. The first kappa shape index (κ1) is 11.7. The smallest absolute Gasteiger partial charge is 0.314 e. The molecule has 0 aliphatic heterocycles. The quantitative estimate of drug-likeness (QED) is 0.640. The number of benzene rings is 1. The summed E-state index contributed by atoms with van der Waals surface area (Å²) >= 11 is 6.34. The maximum absolute atomic E-state index is 11.2. The van der Waals surface area contributed by atoms with Crippen LogP contribution in [0.25, 0.3) is 0 Å². The molecule has 0 saturated heterocycles. The van der Waals surface area contributed by atoms with Crippen molar-refractivity contribution < 1.29 is 9.90 Å². The van der Waals surface area contributed by atoms with Crippen LogP contribution >= 0.6 is 11.6 Å². The van der Waals surface area contributed by atoms with Gasteiger partial charge in [0.15, 0.2) is 0 Å². The van der Waals surface area contributed by atoms with Crippen molar-refractivity contribution in [3.05, 3.63) is 54.6 Å². The Balaban J connectivity index is 2.25. The minimum absolute atomic E-state index is 0.786. The first-order valence-electron chi connectivity index (χ1n) is 5.23. The number of hydrogen-bond acceptors (Lipinski definition) is 2. The molecule has 0 bridgehead atoms. The van der Waals surface area contributed by atoms with Gasteiger partial charge in [-0.3, -0.25) is 4.79 Å². The van der Waals surface area contributed by atoms with Crippen LogP contribution in [0.5, 0.6) is 0 Å². The van der Waals surface area contributed by atoms with Crippen molar-refractivity contribution >= 4 is 23.3 Å². The highest BCUT2D eigenvalue weighted by atomic mass is 35.5. The van der Waals surface area contributed by atoms with Crippen LogP contribution in [0, 0.1) is 5.92 Å². The topological polar surface area (TPSA) is 49.3 Å². The lowest BCUT2D eigenvalue weighted by atomic mass is 9.94. The van der Waals surface area contributed by atoms with Gasteiger partial charge in [-0.05, 0) is 18.2 Å². The monoisotopic (exact) mass is 249 g/mol. The first-order valence-corrected chi connectivity index (χ1v) is 5.60. The van der Waals surface area contributed by atoms with E-state index in [1.54, 1.807) is 24.3 Å². The van der Waals surface area contributed by atoms with Gasteiger partial charge in [0, 0.05) is 5.69 Å². The van der Waals surface area contributed by atoms with Crippen molar-refractivity contribution in [3.63, 3.8) is 0 Å². The number of halogens is 1. The van der Waals surface area contributed by atoms with Crippen LogP contribution in [0.3, 0.4) is 0 Å². The summed E-state index contributed by atoms with van der Waals surface area (Å²) in [6, 6.07) is 9.29. The van der Waals surface area contributed by atoms with Crippen LogP contribution in [0.15, 0.2) is 54.6 Å². The van der Waals surface area contributed by atoms with E-state index in [4.69, 9.17) is 16.7 Å². The molecule has 2 atom stereocenters. The molecule has 0 fully saturated rings. The van der Waals surface area contributed by atoms with E-state index < -0.39 is 16.9 Å². The minimum atomic E-state index is -1.12. The van der Waals surface area contributed by atoms with E-state index in [2.05, 4.69) is 5.32 Å². The van der Waals surface area contributed by atoms with Gasteiger partial charge in [0.1, 0.15) is 10.9 Å². The molecule has 17 heavy (non-hydrogen) atoms. The lowest BCUT2D eigenvalue weighted by molar-refractivity contribution is -0.140. The van der Waals surface area contributed by atoms with Crippen LogP contribution < -0.4 is 5.32 Å². The van der Waals surface area contributed by atoms with Crippen LogP contribution in [0.1, 0.15) is 0 Å². The number of carboxylic acids is 1. The molecule has 0 aromatic heterocycles. The lowest BCUT2D eigenvalue weighted by Crippen LogP contribution is -2.42. The third-order valence-corrected chi connectivity index (χ3v) is 3.04. The molecule has 1 aromatic rings. The summed E-state index contributed by atoms with van der Waals surface area (Å²) in [5.74, 6) is -1.75. The summed E-state index contributed by atoms with van der Waals surface area (Å²) < 4.78 is 0. The van der Waals surface area contributed by atoms with Gasteiger partial charge in [0.25, 0.3) is 0 Å². The van der Waals surface area contributed by atoms with E-state index in [-0.39, 0.29) is 0 Å². The van der Waals surface area contributed by atoms with Crippen molar-refractivity contribution in [1.82, 2.24) is 0 Å². The number of allylic oxidation sites excluding steroid dienone is 2. The van der Waals surface area contributed by atoms with Crippen molar-refractivity contribution in [2.45, 2.75) is 5.00 Å². The molecular formula is C13H12ClNO2. The highest BCUT2D eigenvalue weighted by Crippen LogP contribution is 2.32. The zero-order chi connectivity index (χ0) is 12.3. The Morgan fingerprint density at radius 3 is 2.65 bits per heavy atom. The fourth-order valence-corrected chi connectivity index (χ4v) is 2.09. The van der Waals surface area contributed by atoms with Crippen molar-refractivity contribution in [1.29, 1.82) is 0 Å². The molecule has 4 heteroatoms. The first-order chi connectivity index (χ1) is 8.12. The summed E-state index contributed by atoms with van der Waals surface area (Å²) in [5, 5.41) is 12.2. The summed E-state index contributed by atoms with van der Waals surface area (Å²) in [6.07, 6.45) is 6.65. The van der Waals surface area contributed by atoms with Gasteiger partial charge in [-0.1, -0.05) is 48.0 Å².